The predicted molar refractivity (Wildman–Crippen MR) is 112 cm³/mol. The molecule has 0 bridgehead atoms. The van der Waals surface area contributed by atoms with E-state index in [2.05, 4.69) is 37.9 Å². The first-order chi connectivity index (χ1) is 13.6. The van der Waals surface area contributed by atoms with Gasteiger partial charge >= 0.3 is 0 Å². The van der Waals surface area contributed by atoms with Gasteiger partial charge in [0.25, 0.3) is 0 Å². The highest BCUT2D eigenvalue weighted by atomic mass is 79.9. The zero-order valence-corrected chi connectivity index (χ0v) is 17.1. The third-order valence-electron chi connectivity index (χ3n) is 5.90. The van der Waals surface area contributed by atoms with Crippen LogP contribution in [-0.2, 0) is 11.2 Å². The number of phenols is 1. The van der Waals surface area contributed by atoms with Crippen LogP contribution in [0.5, 0.6) is 5.75 Å². The van der Waals surface area contributed by atoms with Gasteiger partial charge in [-0.15, -0.1) is 0 Å². The van der Waals surface area contributed by atoms with Crippen molar-refractivity contribution in [2.45, 2.75) is 18.9 Å². The van der Waals surface area contributed by atoms with Gasteiger partial charge in [0.15, 0.2) is 0 Å². The van der Waals surface area contributed by atoms with Gasteiger partial charge in [-0.2, -0.15) is 0 Å². The number of nitrogens with zero attached hydrogens (tertiary/aromatic N) is 2. The van der Waals surface area contributed by atoms with Crippen molar-refractivity contribution in [3.63, 3.8) is 0 Å². The van der Waals surface area contributed by atoms with Crippen molar-refractivity contribution >= 4 is 32.7 Å². The zero-order chi connectivity index (χ0) is 19.3. The number of aromatic hydroxyl groups is 1. The molecule has 1 atom stereocenters. The van der Waals surface area contributed by atoms with Crippen molar-refractivity contribution in [1.82, 2.24) is 14.8 Å². The molecule has 0 spiro atoms. The van der Waals surface area contributed by atoms with Gasteiger partial charge in [0, 0.05) is 27.6 Å². The maximum Gasteiger partial charge on any atom is 0.237 e. The Morgan fingerprint density at radius 3 is 2.79 bits per heavy atom. The molecule has 1 amide bonds. The number of nitrogens with one attached hydrogen (secondary N) is 1. The summed E-state index contributed by atoms with van der Waals surface area (Å²) in [6.07, 6.45) is 2.00. The van der Waals surface area contributed by atoms with Crippen molar-refractivity contribution in [1.29, 1.82) is 0 Å². The standard InChI is InChI=1S/C22H22BrN3O2/c23-15-5-6-19-18(12-15)17-7-10-26(20(28)13-25-8-2-9-25)22(21(17)24-19)14-3-1-4-16(27)11-14/h1,3-6,11-12,22,24,27H,2,7-10,13H2. The van der Waals surface area contributed by atoms with Gasteiger partial charge < -0.3 is 15.0 Å². The Morgan fingerprint density at radius 2 is 2.04 bits per heavy atom. The van der Waals surface area contributed by atoms with Crippen LogP contribution in [0.15, 0.2) is 46.9 Å². The van der Waals surface area contributed by atoms with E-state index in [4.69, 9.17) is 0 Å². The van der Waals surface area contributed by atoms with Crippen molar-refractivity contribution in [3.8, 4) is 5.75 Å². The summed E-state index contributed by atoms with van der Waals surface area (Å²) in [4.78, 5) is 20.9. The quantitative estimate of drug-likeness (QED) is 0.651. The second-order valence-electron chi connectivity index (χ2n) is 7.67. The SMILES string of the molecule is O=C(CN1CCC1)N1CCc2c([nH]c3ccc(Br)cc23)C1c1cccc(O)c1. The number of hydrogen-bond acceptors (Lipinski definition) is 3. The molecule has 0 aliphatic carbocycles. The van der Waals surface area contributed by atoms with Crippen LogP contribution in [-0.4, -0.2) is 52.0 Å². The van der Waals surface area contributed by atoms with E-state index in [0.29, 0.717) is 13.1 Å². The number of H-pyrrole nitrogens is 1. The molecule has 2 aliphatic heterocycles. The maximum atomic E-state index is 13.1. The Labute approximate surface area is 172 Å². The van der Waals surface area contributed by atoms with Crippen LogP contribution in [0.4, 0.5) is 0 Å². The van der Waals surface area contributed by atoms with Crippen molar-refractivity contribution in [3.05, 3.63) is 63.8 Å². The largest absolute Gasteiger partial charge is 0.508 e. The Balaban J connectivity index is 1.61. The minimum Gasteiger partial charge on any atom is -0.508 e. The molecule has 0 radical (unpaired) electrons. The highest BCUT2D eigenvalue weighted by Crippen LogP contribution is 2.39. The number of rotatable bonds is 3. The number of aromatic amines is 1. The van der Waals surface area contributed by atoms with Gasteiger partial charge in [0.1, 0.15) is 5.75 Å². The normalized spacial score (nSPS) is 19.5. The molecule has 1 aromatic heterocycles. The smallest absolute Gasteiger partial charge is 0.237 e. The lowest BCUT2D eigenvalue weighted by atomic mass is 9.92. The van der Waals surface area contributed by atoms with Crippen molar-refractivity contribution in [2.75, 3.05) is 26.2 Å². The number of hydrogen-bond donors (Lipinski definition) is 2. The first-order valence-electron chi connectivity index (χ1n) is 9.71. The Hall–Kier alpha value is -2.31. The summed E-state index contributed by atoms with van der Waals surface area (Å²) in [5.41, 5.74) is 4.33. The van der Waals surface area contributed by atoms with E-state index in [1.807, 2.05) is 23.1 Å². The molecule has 3 aromatic rings. The molecule has 144 valence electrons. The number of fused-ring (bicyclic) bond motifs is 3. The molecule has 6 heteroatoms. The van der Waals surface area contributed by atoms with Crippen LogP contribution in [0.1, 0.15) is 29.3 Å². The molecule has 2 N–H and O–H groups in total. The average Bonchev–Trinajstić information content (AvgIpc) is 3.01. The second-order valence-corrected chi connectivity index (χ2v) is 8.59. The fourth-order valence-corrected chi connectivity index (χ4v) is 4.75. The number of carbonyl (C=O) groups is 1. The van der Waals surface area contributed by atoms with Gasteiger partial charge in [0.05, 0.1) is 12.6 Å². The Morgan fingerprint density at radius 1 is 1.18 bits per heavy atom. The van der Waals surface area contributed by atoms with Crippen LogP contribution >= 0.6 is 15.9 Å². The second kappa shape index (κ2) is 6.94. The summed E-state index contributed by atoms with van der Waals surface area (Å²) in [5, 5.41) is 11.3. The van der Waals surface area contributed by atoms with Gasteiger partial charge in [-0.1, -0.05) is 28.1 Å². The summed E-state index contributed by atoms with van der Waals surface area (Å²) in [5.74, 6) is 0.372. The monoisotopic (exact) mass is 439 g/mol. The van der Waals surface area contributed by atoms with E-state index in [1.165, 1.54) is 17.4 Å². The van der Waals surface area contributed by atoms with E-state index in [0.717, 1.165) is 40.8 Å². The molecule has 5 nitrogen and oxygen atoms in total. The minimum absolute atomic E-state index is 0.151. The highest BCUT2D eigenvalue weighted by molar-refractivity contribution is 9.10. The van der Waals surface area contributed by atoms with Crippen molar-refractivity contribution < 1.29 is 9.90 Å². The molecule has 3 heterocycles. The van der Waals surface area contributed by atoms with Gasteiger partial charge in [0.2, 0.25) is 5.91 Å². The van der Waals surface area contributed by atoms with Crippen LogP contribution in [0, 0.1) is 0 Å². The number of aromatic nitrogens is 1. The zero-order valence-electron chi connectivity index (χ0n) is 15.5. The van der Waals surface area contributed by atoms with Gasteiger partial charge in [-0.3, -0.25) is 9.69 Å². The molecule has 1 saturated heterocycles. The van der Waals surface area contributed by atoms with E-state index >= 15 is 0 Å². The summed E-state index contributed by atoms with van der Waals surface area (Å²) in [7, 11) is 0. The molecule has 1 fully saturated rings. The first kappa shape index (κ1) is 17.8. The first-order valence-corrected chi connectivity index (χ1v) is 10.5. The van der Waals surface area contributed by atoms with Gasteiger partial charge in [-0.25, -0.2) is 0 Å². The Kier molecular flexibility index (Phi) is 4.40. The molecule has 2 aliphatic rings. The fraction of sp³-hybridized carbons (Fsp3) is 0.318. The lowest BCUT2D eigenvalue weighted by Crippen LogP contribution is -2.48. The molecule has 1 unspecified atom stereocenters. The third kappa shape index (κ3) is 3.01. The van der Waals surface area contributed by atoms with Crippen LogP contribution in [0.2, 0.25) is 0 Å². The number of amides is 1. The molecular formula is C22H22BrN3O2. The fourth-order valence-electron chi connectivity index (χ4n) is 4.39. The predicted octanol–water partition coefficient (Wildman–Crippen LogP) is 3.82. The summed E-state index contributed by atoms with van der Waals surface area (Å²) in [6.45, 7) is 3.15. The minimum atomic E-state index is -0.212. The molecule has 28 heavy (non-hydrogen) atoms. The number of halogens is 1. The van der Waals surface area contributed by atoms with E-state index < -0.39 is 0 Å². The van der Waals surface area contributed by atoms with E-state index in [9.17, 15) is 9.90 Å². The average molecular weight is 440 g/mol. The number of carbonyl (C=O) groups excluding carboxylic acids is 1. The lowest BCUT2D eigenvalue weighted by molar-refractivity contribution is -0.135. The van der Waals surface area contributed by atoms with Crippen LogP contribution < -0.4 is 0 Å². The maximum absolute atomic E-state index is 13.1. The number of benzene rings is 2. The highest BCUT2D eigenvalue weighted by Gasteiger charge is 2.35. The summed E-state index contributed by atoms with van der Waals surface area (Å²) in [6, 6.07) is 13.3. The molecular weight excluding hydrogens is 418 g/mol. The molecule has 5 rings (SSSR count). The molecule has 2 aromatic carbocycles. The summed E-state index contributed by atoms with van der Waals surface area (Å²) < 4.78 is 1.05. The third-order valence-corrected chi connectivity index (χ3v) is 6.40. The Bertz CT molecular complexity index is 1060. The topological polar surface area (TPSA) is 59.6 Å². The number of likely N-dealkylation sites (tertiary alicyclic amines) is 1. The van der Waals surface area contributed by atoms with Crippen LogP contribution in [0.3, 0.4) is 0 Å². The van der Waals surface area contributed by atoms with Crippen molar-refractivity contribution in [2.24, 2.45) is 0 Å². The van der Waals surface area contributed by atoms with E-state index in [-0.39, 0.29) is 17.7 Å². The van der Waals surface area contributed by atoms with Crippen LogP contribution in [0.25, 0.3) is 10.9 Å². The lowest BCUT2D eigenvalue weighted by Gasteiger charge is -2.39. The molecule has 0 saturated carbocycles. The van der Waals surface area contributed by atoms with E-state index in [1.54, 1.807) is 12.1 Å². The summed E-state index contributed by atoms with van der Waals surface area (Å²) >= 11 is 3.57. The van der Waals surface area contributed by atoms with Gasteiger partial charge in [-0.05, 0) is 67.4 Å². The number of phenolic OH excluding ortho intramolecular Hbond substituents is 1.